The van der Waals surface area contributed by atoms with Crippen molar-refractivity contribution in [3.05, 3.63) is 95.5 Å². The lowest BCUT2D eigenvalue weighted by atomic mass is 10.1. The second-order valence-corrected chi connectivity index (χ2v) is 8.29. The first-order valence-electron chi connectivity index (χ1n) is 10.7. The van der Waals surface area contributed by atoms with Crippen molar-refractivity contribution >= 4 is 39.9 Å². The van der Waals surface area contributed by atoms with E-state index in [0.29, 0.717) is 5.02 Å². The SMILES string of the molecule is C=C1C=C(c2ccc(Cl)cc2)N=C2N1C=C(c1ccc3occc3c1)N2CCCCC. The smallest absolute Gasteiger partial charge is 0.215 e. The minimum Gasteiger partial charge on any atom is -0.464 e. The van der Waals surface area contributed by atoms with Crippen LogP contribution in [0, 0.1) is 0 Å². The average Bonchev–Trinajstić information content (AvgIpc) is 3.39. The average molecular weight is 430 g/mol. The summed E-state index contributed by atoms with van der Waals surface area (Å²) in [5.41, 5.74) is 5.99. The van der Waals surface area contributed by atoms with Crippen LogP contribution in [-0.4, -0.2) is 22.3 Å². The third-order valence-electron chi connectivity index (χ3n) is 5.71. The molecule has 5 heteroatoms. The Balaban J connectivity index is 1.54. The fourth-order valence-corrected chi connectivity index (χ4v) is 4.17. The Kier molecular flexibility index (Phi) is 5.16. The van der Waals surface area contributed by atoms with Gasteiger partial charge in [-0.15, -0.1) is 0 Å². The van der Waals surface area contributed by atoms with Crippen molar-refractivity contribution in [3.63, 3.8) is 0 Å². The molecule has 2 aliphatic heterocycles. The number of fused-ring (bicyclic) bond motifs is 2. The van der Waals surface area contributed by atoms with Gasteiger partial charge in [-0.2, -0.15) is 0 Å². The molecule has 0 aliphatic carbocycles. The highest BCUT2D eigenvalue weighted by atomic mass is 35.5. The Morgan fingerprint density at radius 2 is 1.84 bits per heavy atom. The van der Waals surface area contributed by atoms with Gasteiger partial charge in [0, 0.05) is 40.0 Å². The molecule has 0 fully saturated rings. The fourth-order valence-electron chi connectivity index (χ4n) is 4.05. The summed E-state index contributed by atoms with van der Waals surface area (Å²) in [5, 5.41) is 1.81. The molecule has 156 valence electrons. The van der Waals surface area contributed by atoms with Crippen molar-refractivity contribution in [1.29, 1.82) is 0 Å². The second-order valence-electron chi connectivity index (χ2n) is 7.86. The molecule has 0 unspecified atom stereocenters. The minimum absolute atomic E-state index is 0.717. The van der Waals surface area contributed by atoms with Gasteiger partial charge >= 0.3 is 0 Å². The van der Waals surface area contributed by atoms with Crippen LogP contribution < -0.4 is 0 Å². The lowest BCUT2D eigenvalue weighted by Crippen LogP contribution is -2.35. The molecule has 0 radical (unpaired) electrons. The predicted molar refractivity (Wildman–Crippen MR) is 128 cm³/mol. The van der Waals surface area contributed by atoms with Crippen molar-refractivity contribution in [1.82, 2.24) is 9.80 Å². The first-order valence-corrected chi connectivity index (χ1v) is 11.0. The Bertz CT molecular complexity index is 1230. The van der Waals surface area contributed by atoms with Crippen LogP contribution in [-0.2, 0) is 0 Å². The van der Waals surface area contributed by atoms with E-state index in [1.165, 1.54) is 12.8 Å². The molecule has 0 amide bonds. The van der Waals surface area contributed by atoms with Gasteiger partial charge < -0.3 is 9.32 Å². The highest BCUT2D eigenvalue weighted by Crippen LogP contribution is 2.36. The van der Waals surface area contributed by atoms with E-state index in [2.05, 4.69) is 41.6 Å². The summed E-state index contributed by atoms with van der Waals surface area (Å²) in [6.45, 7) is 7.43. The van der Waals surface area contributed by atoms with E-state index >= 15 is 0 Å². The number of hydrogen-bond donors (Lipinski definition) is 0. The highest BCUT2D eigenvalue weighted by molar-refractivity contribution is 6.30. The van der Waals surface area contributed by atoms with E-state index in [1.807, 2.05) is 42.5 Å². The van der Waals surface area contributed by atoms with Crippen LogP contribution in [0.25, 0.3) is 22.4 Å². The van der Waals surface area contributed by atoms with E-state index in [0.717, 1.165) is 58.1 Å². The Labute approximate surface area is 187 Å². The zero-order valence-electron chi connectivity index (χ0n) is 17.5. The topological polar surface area (TPSA) is 32.0 Å². The standard InChI is InChI=1S/C26H24ClN3O/c1-3-4-5-13-29-24(20-8-11-25-21(16-20)12-14-31-25)17-30-18(2)15-23(28-26(29)30)19-6-9-22(27)10-7-19/h6-12,14-17H,2-5,13H2,1H3. The van der Waals surface area contributed by atoms with Crippen LogP contribution in [0.4, 0.5) is 0 Å². The molecule has 0 atom stereocenters. The largest absolute Gasteiger partial charge is 0.464 e. The van der Waals surface area contributed by atoms with Crippen molar-refractivity contribution in [2.24, 2.45) is 4.99 Å². The zero-order valence-corrected chi connectivity index (χ0v) is 18.3. The van der Waals surface area contributed by atoms with Crippen LogP contribution in [0.2, 0.25) is 5.02 Å². The summed E-state index contributed by atoms with van der Waals surface area (Å²) >= 11 is 6.08. The summed E-state index contributed by atoms with van der Waals surface area (Å²) in [6.07, 6.45) is 9.35. The molecule has 0 saturated carbocycles. The zero-order chi connectivity index (χ0) is 21.4. The van der Waals surface area contributed by atoms with Crippen molar-refractivity contribution in [3.8, 4) is 0 Å². The number of halogens is 1. The van der Waals surface area contributed by atoms with Crippen molar-refractivity contribution < 1.29 is 4.42 Å². The van der Waals surface area contributed by atoms with Crippen LogP contribution >= 0.6 is 11.6 Å². The summed E-state index contributed by atoms with van der Waals surface area (Å²) in [5.74, 6) is 0.899. The van der Waals surface area contributed by atoms with Crippen LogP contribution in [0.15, 0.2) is 88.8 Å². The number of unbranched alkanes of at least 4 members (excludes halogenated alkanes) is 2. The van der Waals surface area contributed by atoms with Gasteiger partial charge in [0.2, 0.25) is 5.96 Å². The molecule has 4 nitrogen and oxygen atoms in total. The third kappa shape index (κ3) is 3.68. The molecule has 3 heterocycles. The number of hydrogen-bond acceptors (Lipinski definition) is 4. The van der Waals surface area contributed by atoms with Crippen molar-refractivity contribution in [2.75, 3.05) is 6.54 Å². The third-order valence-corrected chi connectivity index (χ3v) is 5.96. The molecular formula is C26H24ClN3O. The number of rotatable bonds is 6. The molecule has 5 rings (SSSR count). The lowest BCUT2D eigenvalue weighted by molar-refractivity contribution is 0.510. The summed E-state index contributed by atoms with van der Waals surface area (Å²) in [4.78, 5) is 9.43. The molecule has 0 N–H and O–H groups in total. The van der Waals surface area contributed by atoms with Gasteiger partial charge in [0.25, 0.3) is 0 Å². The molecular weight excluding hydrogens is 406 g/mol. The van der Waals surface area contributed by atoms with Crippen LogP contribution in [0.1, 0.15) is 37.3 Å². The fraction of sp³-hybridized carbons (Fsp3) is 0.192. The van der Waals surface area contributed by atoms with Gasteiger partial charge in [0.05, 0.1) is 17.7 Å². The van der Waals surface area contributed by atoms with Crippen LogP contribution in [0.3, 0.4) is 0 Å². The van der Waals surface area contributed by atoms with E-state index in [1.54, 1.807) is 6.26 Å². The number of benzene rings is 2. The second kappa shape index (κ2) is 8.12. The Morgan fingerprint density at radius 3 is 2.65 bits per heavy atom. The Morgan fingerprint density at radius 1 is 1.03 bits per heavy atom. The molecule has 0 saturated heterocycles. The number of allylic oxidation sites excluding steroid dienone is 1. The van der Waals surface area contributed by atoms with Gasteiger partial charge in [-0.1, -0.05) is 50.1 Å². The first kappa shape index (κ1) is 19.7. The number of guanidine groups is 1. The normalized spacial score (nSPS) is 15.8. The number of furan rings is 1. The molecule has 3 aromatic rings. The summed E-state index contributed by atoms with van der Waals surface area (Å²) in [7, 11) is 0. The maximum absolute atomic E-state index is 6.08. The molecule has 2 aliphatic rings. The lowest BCUT2D eigenvalue weighted by Gasteiger charge is -2.29. The number of nitrogens with zero attached hydrogens (tertiary/aromatic N) is 3. The monoisotopic (exact) mass is 429 g/mol. The minimum atomic E-state index is 0.717. The highest BCUT2D eigenvalue weighted by Gasteiger charge is 2.33. The number of aliphatic imine (C=N–C) groups is 1. The van der Waals surface area contributed by atoms with Gasteiger partial charge in [-0.05, 0) is 48.9 Å². The molecule has 31 heavy (non-hydrogen) atoms. The first-order chi connectivity index (χ1) is 15.1. The Hall–Kier alpha value is -3.24. The maximum atomic E-state index is 6.08. The maximum Gasteiger partial charge on any atom is 0.215 e. The van der Waals surface area contributed by atoms with Gasteiger partial charge in [-0.3, -0.25) is 4.90 Å². The quantitative estimate of drug-likeness (QED) is 0.391. The molecule has 0 spiro atoms. The van der Waals surface area contributed by atoms with E-state index in [-0.39, 0.29) is 0 Å². The van der Waals surface area contributed by atoms with Crippen molar-refractivity contribution in [2.45, 2.75) is 26.2 Å². The molecule has 0 bridgehead atoms. The van der Waals surface area contributed by atoms with Gasteiger partial charge in [0.1, 0.15) is 5.58 Å². The summed E-state index contributed by atoms with van der Waals surface area (Å²) in [6, 6.07) is 16.1. The predicted octanol–water partition coefficient (Wildman–Crippen LogP) is 7.12. The van der Waals surface area contributed by atoms with E-state index in [9.17, 15) is 0 Å². The molecule has 2 aromatic carbocycles. The van der Waals surface area contributed by atoms with E-state index in [4.69, 9.17) is 21.0 Å². The van der Waals surface area contributed by atoms with Crippen LogP contribution in [0.5, 0.6) is 0 Å². The summed E-state index contributed by atoms with van der Waals surface area (Å²) < 4.78 is 5.53. The van der Waals surface area contributed by atoms with Gasteiger partial charge in [0.15, 0.2) is 0 Å². The van der Waals surface area contributed by atoms with E-state index < -0.39 is 0 Å². The van der Waals surface area contributed by atoms with Gasteiger partial charge in [-0.25, -0.2) is 4.99 Å². The molecule has 1 aromatic heterocycles.